The second-order valence-corrected chi connectivity index (χ2v) is 6.68. The van der Waals surface area contributed by atoms with Crippen molar-refractivity contribution in [3.63, 3.8) is 0 Å². The van der Waals surface area contributed by atoms with E-state index in [4.69, 9.17) is 9.26 Å². The summed E-state index contributed by atoms with van der Waals surface area (Å²) in [6.45, 7) is 8.04. The number of hydrogen-bond acceptors (Lipinski definition) is 6. The summed E-state index contributed by atoms with van der Waals surface area (Å²) < 4.78 is 10.8. The Bertz CT molecular complexity index is 519. The van der Waals surface area contributed by atoms with Crippen molar-refractivity contribution in [2.45, 2.75) is 51.2 Å². The zero-order chi connectivity index (χ0) is 15.0. The summed E-state index contributed by atoms with van der Waals surface area (Å²) >= 11 is 0. The van der Waals surface area contributed by atoms with E-state index in [0.29, 0.717) is 18.4 Å². The third kappa shape index (κ3) is 3.02. The van der Waals surface area contributed by atoms with Gasteiger partial charge >= 0.3 is 6.09 Å². The summed E-state index contributed by atoms with van der Waals surface area (Å²) in [5.41, 5.74) is -0.498. The third-order valence-corrected chi connectivity index (χ3v) is 3.77. The van der Waals surface area contributed by atoms with Gasteiger partial charge in [-0.1, -0.05) is 5.16 Å². The Balaban J connectivity index is 1.71. The van der Waals surface area contributed by atoms with Gasteiger partial charge in [0.05, 0.1) is 0 Å². The first-order chi connectivity index (χ1) is 9.94. The first kappa shape index (κ1) is 14.3. The molecule has 1 N–H and O–H groups in total. The Labute approximate surface area is 124 Å². The van der Waals surface area contributed by atoms with Gasteiger partial charge in [0.1, 0.15) is 11.6 Å². The van der Waals surface area contributed by atoms with Crippen LogP contribution in [0, 0.1) is 0 Å². The number of carbonyl (C=O) groups excluding carboxylic acids is 1. The van der Waals surface area contributed by atoms with E-state index >= 15 is 0 Å². The lowest BCUT2D eigenvalue weighted by molar-refractivity contribution is 0.0199. The molecule has 0 saturated carbocycles. The fourth-order valence-corrected chi connectivity index (χ4v) is 2.58. The van der Waals surface area contributed by atoms with E-state index in [1.807, 2.05) is 20.8 Å². The maximum atomic E-state index is 12.3. The summed E-state index contributed by atoms with van der Waals surface area (Å²) in [4.78, 5) is 18.4. The molecule has 0 spiro atoms. The minimum Gasteiger partial charge on any atom is -0.444 e. The molecule has 0 bridgehead atoms. The van der Waals surface area contributed by atoms with Gasteiger partial charge < -0.3 is 14.6 Å². The number of amides is 1. The van der Waals surface area contributed by atoms with Gasteiger partial charge in [-0.2, -0.15) is 4.98 Å². The van der Waals surface area contributed by atoms with E-state index in [0.717, 1.165) is 31.8 Å². The van der Waals surface area contributed by atoms with Gasteiger partial charge in [-0.25, -0.2) is 4.79 Å². The smallest absolute Gasteiger partial charge is 0.410 e. The molecule has 2 fully saturated rings. The van der Waals surface area contributed by atoms with Crippen LogP contribution < -0.4 is 5.32 Å². The summed E-state index contributed by atoms with van der Waals surface area (Å²) in [5.74, 6) is 1.60. The second-order valence-electron chi connectivity index (χ2n) is 6.68. The Morgan fingerprint density at radius 3 is 2.81 bits per heavy atom. The molecule has 7 nitrogen and oxygen atoms in total. The summed E-state index contributed by atoms with van der Waals surface area (Å²) in [7, 11) is 0. The van der Waals surface area contributed by atoms with E-state index < -0.39 is 5.60 Å². The molecule has 1 aromatic rings. The normalized spacial score (nSPS) is 23.2. The van der Waals surface area contributed by atoms with E-state index in [-0.39, 0.29) is 12.1 Å². The molecule has 1 atom stereocenters. The van der Waals surface area contributed by atoms with Crippen molar-refractivity contribution in [2.24, 2.45) is 0 Å². The second kappa shape index (κ2) is 5.29. The number of nitrogens with one attached hydrogen (secondary N) is 1. The molecular weight excluding hydrogens is 272 g/mol. The van der Waals surface area contributed by atoms with Gasteiger partial charge in [0, 0.05) is 25.6 Å². The highest BCUT2D eigenvalue weighted by atomic mass is 16.6. The summed E-state index contributed by atoms with van der Waals surface area (Å²) in [5, 5.41) is 7.23. The molecule has 0 unspecified atom stereocenters. The van der Waals surface area contributed by atoms with Crippen molar-refractivity contribution in [2.75, 3.05) is 19.6 Å². The lowest BCUT2D eigenvalue weighted by Crippen LogP contribution is -2.40. The Morgan fingerprint density at radius 2 is 2.19 bits per heavy atom. The highest BCUT2D eigenvalue weighted by Gasteiger charge is 2.37. The van der Waals surface area contributed by atoms with Crippen molar-refractivity contribution in [3.8, 4) is 0 Å². The number of rotatable bonds is 2. The van der Waals surface area contributed by atoms with Crippen LogP contribution in [0.4, 0.5) is 4.79 Å². The van der Waals surface area contributed by atoms with Crippen LogP contribution in [0.25, 0.3) is 0 Å². The number of carbonyl (C=O) groups is 1. The molecule has 2 aliphatic heterocycles. The average Bonchev–Trinajstić information content (AvgIpc) is 2.90. The zero-order valence-corrected chi connectivity index (χ0v) is 12.8. The molecule has 2 saturated heterocycles. The van der Waals surface area contributed by atoms with Crippen LogP contribution >= 0.6 is 0 Å². The van der Waals surface area contributed by atoms with E-state index in [2.05, 4.69) is 15.5 Å². The first-order valence-electron chi connectivity index (χ1n) is 7.48. The molecule has 21 heavy (non-hydrogen) atoms. The Kier molecular flexibility index (Phi) is 3.61. The number of likely N-dealkylation sites (tertiary alicyclic amines) is 1. The fourth-order valence-electron chi connectivity index (χ4n) is 2.58. The Morgan fingerprint density at radius 1 is 1.43 bits per heavy atom. The largest absolute Gasteiger partial charge is 0.444 e. The number of nitrogens with zero attached hydrogens (tertiary/aromatic N) is 3. The van der Waals surface area contributed by atoms with Crippen LogP contribution in [0.1, 0.15) is 57.3 Å². The van der Waals surface area contributed by atoms with Crippen LogP contribution in [-0.4, -0.2) is 46.4 Å². The van der Waals surface area contributed by atoms with E-state index in [1.165, 1.54) is 0 Å². The van der Waals surface area contributed by atoms with E-state index in [9.17, 15) is 4.79 Å². The van der Waals surface area contributed by atoms with Gasteiger partial charge in [-0.3, -0.25) is 4.90 Å². The number of aromatic nitrogens is 2. The monoisotopic (exact) mass is 294 g/mol. The van der Waals surface area contributed by atoms with Crippen LogP contribution in [0.15, 0.2) is 4.52 Å². The molecule has 7 heteroatoms. The summed E-state index contributed by atoms with van der Waals surface area (Å²) in [6.07, 6.45) is 1.45. The van der Waals surface area contributed by atoms with Crippen LogP contribution in [-0.2, 0) is 4.74 Å². The molecule has 0 aliphatic carbocycles. The van der Waals surface area contributed by atoms with Crippen molar-refractivity contribution in [3.05, 3.63) is 11.7 Å². The molecule has 3 rings (SSSR count). The SMILES string of the molecule is CC(C)(C)OC(=O)N1CCC[C@H]1c1nc(C2CNC2)no1. The minimum absolute atomic E-state index is 0.158. The van der Waals surface area contributed by atoms with Crippen molar-refractivity contribution in [1.82, 2.24) is 20.4 Å². The topological polar surface area (TPSA) is 80.5 Å². The van der Waals surface area contributed by atoms with E-state index in [1.54, 1.807) is 4.90 Å². The molecule has 116 valence electrons. The molecule has 0 radical (unpaired) electrons. The average molecular weight is 294 g/mol. The number of hydrogen-bond donors (Lipinski definition) is 1. The lowest BCUT2D eigenvalue weighted by atomic mass is 10.0. The summed E-state index contributed by atoms with van der Waals surface area (Å²) in [6, 6.07) is -0.158. The van der Waals surface area contributed by atoms with Crippen molar-refractivity contribution >= 4 is 6.09 Å². The van der Waals surface area contributed by atoms with Gasteiger partial charge in [0.2, 0.25) is 5.89 Å². The fraction of sp³-hybridized carbons (Fsp3) is 0.786. The molecule has 1 aromatic heterocycles. The Hall–Kier alpha value is -1.63. The van der Waals surface area contributed by atoms with Crippen molar-refractivity contribution in [1.29, 1.82) is 0 Å². The minimum atomic E-state index is -0.498. The van der Waals surface area contributed by atoms with Crippen LogP contribution in [0.2, 0.25) is 0 Å². The quantitative estimate of drug-likeness (QED) is 0.896. The molecule has 3 heterocycles. The van der Waals surface area contributed by atoms with Crippen molar-refractivity contribution < 1.29 is 14.1 Å². The van der Waals surface area contributed by atoms with Gasteiger partial charge in [-0.05, 0) is 33.6 Å². The third-order valence-electron chi connectivity index (χ3n) is 3.77. The highest BCUT2D eigenvalue weighted by Crippen LogP contribution is 2.33. The molecule has 1 amide bonds. The van der Waals surface area contributed by atoms with Gasteiger partial charge in [0.25, 0.3) is 0 Å². The predicted octanol–water partition coefficient (Wildman–Crippen LogP) is 1.83. The predicted molar refractivity (Wildman–Crippen MR) is 74.8 cm³/mol. The van der Waals surface area contributed by atoms with Crippen LogP contribution in [0.3, 0.4) is 0 Å². The zero-order valence-electron chi connectivity index (χ0n) is 12.8. The maximum Gasteiger partial charge on any atom is 0.410 e. The van der Waals surface area contributed by atoms with Crippen LogP contribution in [0.5, 0.6) is 0 Å². The maximum absolute atomic E-state index is 12.3. The van der Waals surface area contributed by atoms with Gasteiger partial charge in [-0.15, -0.1) is 0 Å². The molecule has 0 aromatic carbocycles. The molecule has 2 aliphatic rings. The highest BCUT2D eigenvalue weighted by molar-refractivity contribution is 5.69. The number of ether oxygens (including phenoxy) is 1. The molecular formula is C14H22N4O3. The van der Waals surface area contributed by atoms with Gasteiger partial charge in [0.15, 0.2) is 5.82 Å². The lowest BCUT2D eigenvalue weighted by Gasteiger charge is -2.27. The first-order valence-corrected chi connectivity index (χ1v) is 7.48. The standard InChI is InChI=1S/C14H22N4O3/c1-14(2,3)20-13(19)18-6-4-5-10(18)12-16-11(17-21-12)9-7-15-8-9/h9-10,15H,4-8H2,1-3H3/t10-/m0/s1.